The van der Waals surface area contributed by atoms with E-state index in [0.29, 0.717) is 5.54 Å². The number of aryl methyl sites for hydroxylation is 1. The van der Waals surface area contributed by atoms with Gasteiger partial charge in [-0.1, -0.05) is 12.1 Å². The number of rotatable bonds is 3. The van der Waals surface area contributed by atoms with Gasteiger partial charge in [0.2, 0.25) is 0 Å². The SMILES string of the molecule is Cc1cccc(N2CCN(C3(CN)CC3)CC2)c1. The molecule has 2 fully saturated rings. The Morgan fingerprint density at radius 1 is 1.17 bits per heavy atom. The van der Waals surface area contributed by atoms with Gasteiger partial charge in [0.1, 0.15) is 0 Å². The quantitative estimate of drug-likeness (QED) is 0.878. The smallest absolute Gasteiger partial charge is 0.0369 e. The van der Waals surface area contributed by atoms with Gasteiger partial charge in [0, 0.05) is 44.0 Å². The van der Waals surface area contributed by atoms with E-state index in [0.717, 1.165) is 32.7 Å². The molecule has 0 bridgehead atoms. The summed E-state index contributed by atoms with van der Waals surface area (Å²) in [5.41, 5.74) is 8.99. The van der Waals surface area contributed by atoms with Crippen molar-refractivity contribution >= 4 is 5.69 Å². The number of hydrogen-bond acceptors (Lipinski definition) is 3. The topological polar surface area (TPSA) is 32.5 Å². The summed E-state index contributed by atoms with van der Waals surface area (Å²) >= 11 is 0. The molecule has 0 atom stereocenters. The number of nitrogens with zero attached hydrogens (tertiary/aromatic N) is 2. The Bertz CT molecular complexity index is 418. The Kier molecular flexibility index (Phi) is 3.04. The van der Waals surface area contributed by atoms with Gasteiger partial charge in [-0.05, 0) is 37.5 Å². The summed E-state index contributed by atoms with van der Waals surface area (Å²) in [4.78, 5) is 5.11. The van der Waals surface area contributed by atoms with E-state index in [1.54, 1.807) is 0 Å². The Hall–Kier alpha value is -1.06. The molecule has 2 N–H and O–H groups in total. The molecule has 1 aromatic carbocycles. The third kappa shape index (κ3) is 2.13. The monoisotopic (exact) mass is 245 g/mol. The van der Waals surface area contributed by atoms with Crippen molar-refractivity contribution < 1.29 is 0 Å². The molecule has 0 amide bonds. The number of anilines is 1. The first-order chi connectivity index (χ1) is 8.73. The fourth-order valence-corrected chi connectivity index (χ4v) is 3.06. The first-order valence-electron chi connectivity index (χ1n) is 7.00. The zero-order valence-corrected chi connectivity index (χ0v) is 11.2. The molecule has 1 aromatic rings. The summed E-state index contributed by atoms with van der Waals surface area (Å²) in [5.74, 6) is 0. The van der Waals surface area contributed by atoms with Gasteiger partial charge in [0.25, 0.3) is 0 Å². The van der Waals surface area contributed by atoms with E-state index in [-0.39, 0.29) is 0 Å². The predicted molar refractivity (Wildman–Crippen MR) is 76.0 cm³/mol. The van der Waals surface area contributed by atoms with Crippen LogP contribution in [0.1, 0.15) is 18.4 Å². The van der Waals surface area contributed by atoms with Gasteiger partial charge in [-0.25, -0.2) is 0 Å². The van der Waals surface area contributed by atoms with E-state index in [1.165, 1.54) is 24.1 Å². The van der Waals surface area contributed by atoms with Gasteiger partial charge >= 0.3 is 0 Å². The lowest BCUT2D eigenvalue weighted by molar-refractivity contribution is 0.171. The van der Waals surface area contributed by atoms with Gasteiger partial charge in [-0.15, -0.1) is 0 Å². The van der Waals surface area contributed by atoms with Crippen LogP contribution >= 0.6 is 0 Å². The Morgan fingerprint density at radius 2 is 1.89 bits per heavy atom. The maximum absolute atomic E-state index is 5.91. The molecule has 18 heavy (non-hydrogen) atoms. The second-order valence-corrected chi connectivity index (χ2v) is 5.74. The Balaban J connectivity index is 1.63. The molecule has 3 heteroatoms. The molecular weight excluding hydrogens is 222 g/mol. The molecule has 0 aromatic heterocycles. The molecule has 98 valence electrons. The summed E-state index contributed by atoms with van der Waals surface area (Å²) in [5, 5.41) is 0. The minimum absolute atomic E-state index is 0.374. The van der Waals surface area contributed by atoms with Crippen LogP contribution in [-0.4, -0.2) is 43.2 Å². The van der Waals surface area contributed by atoms with Crippen molar-refractivity contribution in [1.29, 1.82) is 0 Å². The lowest BCUT2D eigenvalue weighted by Crippen LogP contribution is -2.53. The molecule has 1 saturated heterocycles. The summed E-state index contributed by atoms with van der Waals surface area (Å²) in [6, 6.07) is 8.82. The van der Waals surface area contributed by atoms with Gasteiger partial charge in [0.15, 0.2) is 0 Å². The number of hydrogen-bond donors (Lipinski definition) is 1. The highest BCUT2D eigenvalue weighted by molar-refractivity contribution is 5.48. The maximum atomic E-state index is 5.91. The summed E-state index contributed by atoms with van der Waals surface area (Å²) in [6.07, 6.45) is 2.60. The van der Waals surface area contributed by atoms with Crippen molar-refractivity contribution in [2.45, 2.75) is 25.3 Å². The van der Waals surface area contributed by atoms with Crippen molar-refractivity contribution in [3.05, 3.63) is 29.8 Å². The van der Waals surface area contributed by atoms with Crippen LogP contribution in [0.2, 0.25) is 0 Å². The molecule has 0 radical (unpaired) electrons. The second kappa shape index (κ2) is 4.56. The Labute approximate surface area is 110 Å². The minimum atomic E-state index is 0.374. The summed E-state index contributed by atoms with van der Waals surface area (Å²) < 4.78 is 0. The van der Waals surface area contributed by atoms with Crippen LogP contribution in [0.4, 0.5) is 5.69 Å². The van der Waals surface area contributed by atoms with Crippen molar-refractivity contribution in [1.82, 2.24) is 4.90 Å². The third-order valence-electron chi connectivity index (χ3n) is 4.52. The minimum Gasteiger partial charge on any atom is -0.369 e. The third-order valence-corrected chi connectivity index (χ3v) is 4.52. The lowest BCUT2D eigenvalue weighted by atomic mass is 10.1. The number of benzene rings is 1. The molecule has 0 spiro atoms. The van der Waals surface area contributed by atoms with E-state index >= 15 is 0 Å². The van der Waals surface area contributed by atoms with Gasteiger partial charge in [0.05, 0.1) is 0 Å². The van der Waals surface area contributed by atoms with Gasteiger partial charge in [-0.3, -0.25) is 4.90 Å². The van der Waals surface area contributed by atoms with E-state index in [4.69, 9.17) is 5.73 Å². The van der Waals surface area contributed by atoms with Crippen LogP contribution in [-0.2, 0) is 0 Å². The van der Waals surface area contributed by atoms with Crippen LogP contribution < -0.4 is 10.6 Å². The van der Waals surface area contributed by atoms with Crippen LogP contribution in [0.25, 0.3) is 0 Å². The van der Waals surface area contributed by atoms with E-state index in [2.05, 4.69) is 41.0 Å². The first kappa shape index (κ1) is 12.0. The van der Waals surface area contributed by atoms with Crippen LogP contribution in [0.15, 0.2) is 24.3 Å². The van der Waals surface area contributed by atoms with Crippen molar-refractivity contribution in [3.63, 3.8) is 0 Å². The first-order valence-corrected chi connectivity index (χ1v) is 7.00. The standard InChI is InChI=1S/C15H23N3/c1-13-3-2-4-14(11-13)17-7-9-18(10-8-17)15(12-16)5-6-15/h2-4,11H,5-10,12,16H2,1H3. The summed E-state index contributed by atoms with van der Waals surface area (Å²) in [7, 11) is 0. The average Bonchev–Trinajstić information content (AvgIpc) is 3.20. The molecular formula is C15H23N3. The molecule has 3 nitrogen and oxygen atoms in total. The Morgan fingerprint density at radius 3 is 2.44 bits per heavy atom. The zero-order chi connectivity index (χ0) is 12.6. The van der Waals surface area contributed by atoms with Crippen LogP contribution in [0, 0.1) is 6.92 Å². The molecule has 1 aliphatic carbocycles. The van der Waals surface area contributed by atoms with E-state index in [1.807, 2.05) is 0 Å². The number of nitrogens with two attached hydrogens (primary N) is 1. The zero-order valence-electron chi connectivity index (χ0n) is 11.2. The molecule has 3 rings (SSSR count). The van der Waals surface area contributed by atoms with Crippen LogP contribution in [0.3, 0.4) is 0 Å². The molecule has 1 saturated carbocycles. The molecule has 2 aliphatic rings. The van der Waals surface area contributed by atoms with E-state index in [9.17, 15) is 0 Å². The maximum Gasteiger partial charge on any atom is 0.0369 e. The van der Waals surface area contributed by atoms with Crippen molar-refractivity contribution in [2.75, 3.05) is 37.6 Å². The second-order valence-electron chi connectivity index (χ2n) is 5.74. The van der Waals surface area contributed by atoms with Crippen molar-refractivity contribution in [3.8, 4) is 0 Å². The van der Waals surface area contributed by atoms with Gasteiger partial charge in [-0.2, -0.15) is 0 Å². The lowest BCUT2D eigenvalue weighted by Gasteiger charge is -2.40. The largest absolute Gasteiger partial charge is 0.369 e. The number of piperazine rings is 1. The molecule has 1 aliphatic heterocycles. The van der Waals surface area contributed by atoms with E-state index < -0.39 is 0 Å². The average molecular weight is 245 g/mol. The van der Waals surface area contributed by atoms with Gasteiger partial charge < -0.3 is 10.6 Å². The van der Waals surface area contributed by atoms with Crippen LogP contribution in [0.5, 0.6) is 0 Å². The molecule has 1 heterocycles. The highest BCUT2D eigenvalue weighted by atomic mass is 15.3. The normalized spacial score (nSPS) is 23.1. The summed E-state index contributed by atoms with van der Waals surface area (Å²) in [6.45, 7) is 7.57. The fraction of sp³-hybridized carbons (Fsp3) is 0.600. The highest BCUT2D eigenvalue weighted by Gasteiger charge is 2.47. The van der Waals surface area contributed by atoms with Crippen molar-refractivity contribution in [2.24, 2.45) is 5.73 Å². The molecule has 0 unspecified atom stereocenters. The fourth-order valence-electron chi connectivity index (χ4n) is 3.06. The highest BCUT2D eigenvalue weighted by Crippen LogP contribution is 2.41. The predicted octanol–water partition coefficient (Wildman–Crippen LogP) is 1.61.